The molecule has 9 heteroatoms. The zero-order valence-electron chi connectivity index (χ0n) is 17.6. The number of fused-ring (bicyclic) bond motifs is 1. The number of nitrogens with zero attached hydrogens (tertiary/aromatic N) is 2. The molecule has 0 saturated heterocycles. The molecule has 0 unspecified atom stereocenters. The van der Waals surface area contributed by atoms with E-state index in [1.54, 1.807) is 35.9 Å². The van der Waals surface area contributed by atoms with Crippen LogP contribution >= 0.6 is 0 Å². The van der Waals surface area contributed by atoms with Gasteiger partial charge in [-0.15, -0.1) is 0 Å². The predicted molar refractivity (Wildman–Crippen MR) is 121 cm³/mol. The number of esters is 1. The maximum atomic E-state index is 12.6. The molecule has 0 amide bonds. The summed E-state index contributed by atoms with van der Waals surface area (Å²) in [6.45, 7) is 0.119. The van der Waals surface area contributed by atoms with E-state index in [2.05, 4.69) is 4.98 Å². The average Bonchev–Trinajstić information content (AvgIpc) is 3.14. The van der Waals surface area contributed by atoms with Gasteiger partial charge in [0.05, 0.1) is 11.1 Å². The smallest absolute Gasteiger partial charge is 0.457 e. The number of aromatic nitrogens is 2. The molecule has 0 aliphatic carbocycles. The van der Waals surface area contributed by atoms with Crippen molar-refractivity contribution in [3.8, 4) is 17.1 Å². The summed E-state index contributed by atoms with van der Waals surface area (Å²) in [5.41, 5.74) is 8.69. The Morgan fingerprint density at radius 2 is 1.85 bits per heavy atom. The van der Waals surface area contributed by atoms with Crippen LogP contribution in [-0.2, 0) is 18.4 Å². The van der Waals surface area contributed by atoms with Crippen molar-refractivity contribution in [2.24, 2.45) is 12.8 Å². The Labute approximate surface area is 188 Å². The van der Waals surface area contributed by atoms with Gasteiger partial charge in [0.1, 0.15) is 23.8 Å². The van der Waals surface area contributed by atoms with Gasteiger partial charge in [0, 0.05) is 18.2 Å². The molecule has 3 aromatic carbocycles. The Kier molecular flexibility index (Phi) is 5.77. The van der Waals surface area contributed by atoms with Crippen molar-refractivity contribution in [1.82, 2.24) is 9.55 Å². The van der Waals surface area contributed by atoms with Crippen molar-refractivity contribution in [3.05, 3.63) is 83.4 Å². The maximum absolute atomic E-state index is 12.6. The number of imidazole rings is 1. The summed E-state index contributed by atoms with van der Waals surface area (Å²) < 4.78 is 11.9. The van der Waals surface area contributed by atoms with Crippen LogP contribution in [0, 0.1) is 5.41 Å². The molecule has 4 N–H and O–H groups in total. The highest BCUT2D eigenvalue weighted by Crippen LogP contribution is 2.31. The minimum atomic E-state index is -1.45. The number of amidine groups is 1. The van der Waals surface area contributed by atoms with Crippen LogP contribution < -0.4 is 10.5 Å². The molecule has 0 saturated carbocycles. The highest BCUT2D eigenvalue weighted by molar-refractivity contribution is 6.04. The summed E-state index contributed by atoms with van der Waals surface area (Å²) >= 11 is 0. The number of para-hydroxylation sites is 1. The molecule has 1 heterocycles. The number of carbonyl (C=O) groups excluding carboxylic acids is 1. The van der Waals surface area contributed by atoms with Gasteiger partial charge in [-0.3, -0.25) is 5.41 Å². The van der Waals surface area contributed by atoms with Gasteiger partial charge < -0.3 is 24.9 Å². The van der Waals surface area contributed by atoms with Crippen LogP contribution in [0.2, 0.25) is 0 Å². The Hall–Kier alpha value is -4.66. The van der Waals surface area contributed by atoms with Gasteiger partial charge in [-0.2, -0.15) is 0 Å². The van der Waals surface area contributed by atoms with Crippen LogP contribution in [-0.4, -0.2) is 32.6 Å². The van der Waals surface area contributed by atoms with E-state index in [9.17, 15) is 9.59 Å². The molecule has 4 rings (SSSR count). The van der Waals surface area contributed by atoms with Gasteiger partial charge in [0.25, 0.3) is 0 Å². The number of benzene rings is 3. The van der Waals surface area contributed by atoms with E-state index < -0.39 is 12.1 Å². The van der Waals surface area contributed by atoms with Crippen molar-refractivity contribution < 1.29 is 24.2 Å². The minimum absolute atomic E-state index is 0.0901. The second-order valence-corrected chi connectivity index (χ2v) is 7.22. The first-order valence-corrected chi connectivity index (χ1v) is 9.91. The largest absolute Gasteiger partial charge is 0.511 e. The van der Waals surface area contributed by atoms with Crippen LogP contribution in [0.1, 0.15) is 21.5 Å². The number of carboxylic acid groups (broad SMARTS) is 1. The van der Waals surface area contributed by atoms with Crippen LogP contribution in [0.25, 0.3) is 22.4 Å². The predicted octanol–water partition coefficient (Wildman–Crippen LogP) is 3.94. The SMILES string of the molecule is Cn1c(-c2ccc(C(=O)OCc3ccccc3)cc2C(=N)N)nc2c(OC(=O)O)cccc21. The number of rotatable bonds is 6. The topological polar surface area (TPSA) is 141 Å². The highest BCUT2D eigenvalue weighted by atomic mass is 16.7. The number of nitrogen functional groups attached to an aromatic ring is 1. The summed E-state index contributed by atoms with van der Waals surface area (Å²) in [4.78, 5) is 28.1. The van der Waals surface area contributed by atoms with Crippen LogP contribution in [0.4, 0.5) is 4.79 Å². The zero-order chi connectivity index (χ0) is 23.5. The van der Waals surface area contributed by atoms with E-state index >= 15 is 0 Å². The third kappa shape index (κ3) is 4.38. The molecule has 0 atom stereocenters. The zero-order valence-corrected chi connectivity index (χ0v) is 17.6. The van der Waals surface area contributed by atoms with Crippen LogP contribution in [0.15, 0.2) is 66.7 Å². The fourth-order valence-corrected chi connectivity index (χ4v) is 3.50. The quantitative estimate of drug-likeness (QED) is 0.177. The summed E-state index contributed by atoms with van der Waals surface area (Å²) in [6.07, 6.45) is -1.45. The number of nitrogens with one attached hydrogen (secondary N) is 1. The molecule has 0 fully saturated rings. The number of carbonyl (C=O) groups is 2. The third-order valence-corrected chi connectivity index (χ3v) is 5.07. The minimum Gasteiger partial charge on any atom is -0.457 e. The Bertz CT molecular complexity index is 1380. The summed E-state index contributed by atoms with van der Waals surface area (Å²) in [7, 11) is 1.75. The number of nitrogens with two attached hydrogens (primary N) is 1. The van der Waals surface area contributed by atoms with E-state index in [0.29, 0.717) is 28.0 Å². The number of hydrogen-bond donors (Lipinski definition) is 3. The molecule has 9 nitrogen and oxygen atoms in total. The van der Waals surface area contributed by atoms with Gasteiger partial charge in [-0.1, -0.05) is 36.4 Å². The molecule has 0 spiro atoms. The molecule has 0 aliphatic heterocycles. The van der Waals surface area contributed by atoms with Crippen molar-refractivity contribution >= 4 is 29.0 Å². The third-order valence-electron chi connectivity index (χ3n) is 5.07. The normalized spacial score (nSPS) is 10.7. The van der Waals surface area contributed by atoms with E-state index in [1.165, 1.54) is 12.1 Å². The van der Waals surface area contributed by atoms with Crippen molar-refractivity contribution in [2.45, 2.75) is 6.61 Å². The standard InChI is InChI=1S/C24H20N4O5/c1-28-18-8-5-9-19(33-24(30)31)20(18)27-22(28)16-11-10-15(12-17(16)21(25)26)23(29)32-13-14-6-3-2-4-7-14/h2-12H,13H2,1H3,(H3,25,26)(H,30,31). The van der Waals surface area contributed by atoms with Gasteiger partial charge in [-0.05, 0) is 35.9 Å². The highest BCUT2D eigenvalue weighted by Gasteiger charge is 2.20. The molecular formula is C24H20N4O5. The first kappa shape index (κ1) is 21.6. The Balaban J connectivity index is 1.70. The maximum Gasteiger partial charge on any atom is 0.511 e. The summed E-state index contributed by atoms with van der Waals surface area (Å²) in [5, 5.41) is 17.0. The molecular weight excluding hydrogens is 424 g/mol. The van der Waals surface area contributed by atoms with E-state index in [4.69, 9.17) is 25.7 Å². The lowest BCUT2D eigenvalue weighted by Gasteiger charge is -2.11. The van der Waals surface area contributed by atoms with Gasteiger partial charge >= 0.3 is 12.1 Å². The molecule has 4 aromatic rings. The van der Waals surface area contributed by atoms with Crippen LogP contribution in [0.5, 0.6) is 5.75 Å². The monoisotopic (exact) mass is 444 g/mol. The molecule has 0 aliphatic rings. The number of aryl methyl sites for hydroxylation is 1. The second-order valence-electron chi connectivity index (χ2n) is 7.22. The number of hydrogen-bond acceptors (Lipinski definition) is 6. The lowest BCUT2D eigenvalue weighted by molar-refractivity contribution is 0.0472. The van der Waals surface area contributed by atoms with Gasteiger partial charge in [-0.25, -0.2) is 14.6 Å². The average molecular weight is 444 g/mol. The first-order valence-electron chi connectivity index (χ1n) is 9.91. The van der Waals surface area contributed by atoms with Crippen molar-refractivity contribution in [1.29, 1.82) is 5.41 Å². The summed E-state index contributed by atoms with van der Waals surface area (Å²) in [6, 6.07) is 18.9. The molecule has 0 bridgehead atoms. The molecule has 1 aromatic heterocycles. The Morgan fingerprint density at radius 3 is 2.55 bits per heavy atom. The fraction of sp³-hybridized carbons (Fsp3) is 0.0833. The van der Waals surface area contributed by atoms with Crippen molar-refractivity contribution in [3.63, 3.8) is 0 Å². The molecule has 166 valence electrons. The van der Waals surface area contributed by atoms with E-state index in [0.717, 1.165) is 5.56 Å². The molecule has 0 radical (unpaired) electrons. The number of ether oxygens (including phenoxy) is 2. The van der Waals surface area contributed by atoms with E-state index in [1.807, 2.05) is 30.3 Å². The van der Waals surface area contributed by atoms with Crippen LogP contribution in [0.3, 0.4) is 0 Å². The van der Waals surface area contributed by atoms with Gasteiger partial charge in [0.15, 0.2) is 5.75 Å². The lowest BCUT2D eigenvalue weighted by atomic mass is 10.0. The first-order chi connectivity index (χ1) is 15.8. The van der Waals surface area contributed by atoms with Gasteiger partial charge in [0.2, 0.25) is 0 Å². The summed E-state index contributed by atoms with van der Waals surface area (Å²) in [5.74, 6) is -0.278. The van der Waals surface area contributed by atoms with Crippen molar-refractivity contribution in [2.75, 3.05) is 0 Å². The fourth-order valence-electron chi connectivity index (χ4n) is 3.50. The Morgan fingerprint density at radius 1 is 1.09 bits per heavy atom. The van der Waals surface area contributed by atoms with E-state index in [-0.39, 0.29) is 23.8 Å². The lowest BCUT2D eigenvalue weighted by Crippen LogP contribution is -2.15. The second kappa shape index (κ2) is 8.83. The molecule has 33 heavy (non-hydrogen) atoms.